The number of hydrogen-bond donors (Lipinski definition) is 1. The van der Waals surface area contributed by atoms with Gasteiger partial charge in [-0.3, -0.25) is 4.79 Å². The quantitative estimate of drug-likeness (QED) is 0.387. The summed E-state index contributed by atoms with van der Waals surface area (Å²) < 4.78 is 16.6. The van der Waals surface area contributed by atoms with Gasteiger partial charge in [-0.2, -0.15) is 10.4 Å². The molecule has 0 saturated carbocycles. The number of carbonyl (C=O) groups excluding carboxylic acids is 1. The number of ether oxygens (including phenoxy) is 3. The second kappa shape index (κ2) is 11.4. The minimum Gasteiger partial charge on any atom is -0.493 e. The monoisotopic (exact) mass is 449 g/mol. The number of benzene rings is 3. The highest BCUT2D eigenvalue weighted by atomic mass is 35.5. The maximum absolute atomic E-state index is 11.9. The molecule has 162 valence electrons. The normalized spacial score (nSPS) is 10.4. The summed E-state index contributed by atoms with van der Waals surface area (Å²) in [6.45, 7) is 0.0520. The first-order chi connectivity index (χ1) is 15.6. The molecule has 0 atom stereocenters. The fourth-order valence-electron chi connectivity index (χ4n) is 2.69. The van der Waals surface area contributed by atoms with Crippen LogP contribution in [0, 0.1) is 11.3 Å². The Labute approximate surface area is 190 Å². The van der Waals surface area contributed by atoms with Crippen molar-refractivity contribution in [2.45, 2.75) is 6.61 Å². The molecule has 0 bridgehead atoms. The first-order valence-corrected chi connectivity index (χ1v) is 9.96. The Morgan fingerprint density at radius 3 is 2.62 bits per heavy atom. The molecule has 3 aromatic carbocycles. The van der Waals surface area contributed by atoms with E-state index < -0.39 is 5.91 Å². The fourth-order valence-corrected chi connectivity index (χ4v) is 2.81. The van der Waals surface area contributed by atoms with Crippen LogP contribution in [0.15, 0.2) is 71.8 Å². The predicted molar refractivity (Wildman–Crippen MR) is 121 cm³/mol. The van der Waals surface area contributed by atoms with Gasteiger partial charge in [-0.1, -0.05) is 29.8 Å². The topological polar surface area (TPSA) is 92.9 Å². The third-order valence-electron chi connectivity index (χ3n) is 4.30. The number of halogens is 1. The van der Waals surface area contributed by atoms with Crippen molar-refractivity contribution in [2.24, 2.45) is 5.10 Å². The number of hydrazone groups is 1. The van der Waals surface area contributed by atoms with Gasteiger partial charge in [0.05, 0.1) is 25.0 Å². The van der Waals surface area contributed by atoms with Gasteiger partial charge in [0.25, 0.3) is 5.91 Å². The van der Waals surface area contributed by atoms with E-state index in [0.29, 0.717) is 33.4 Å². The van der Waals surface area contributed by atoms with E-state index in [9.17, 15) is 10.1 Å². The summed E-state index contributed by atoms with van der Waals surface area (Å²) in [5.74, 6) is 1.16. The van der Waals surface area contributed by atoms with Gasteiger partial charge in [0.1, 0.15) is 12.4 Å². The number of rotatable bonds is 9. The molecule has 8 heteroatoms. The van der Waals surface area contributed by atoms with Crippen molar-refractivity contribution in [3.8, 4) is 23.3 Å². The average Bonchev–Trinajstić information content (AvgIpc) is 2.82. The summed E-state index contributed by atoms with van der Waals surface area (Å²) in [4.78, 5) is 11.9. The highest BCUT2D eigenvalue weighted by molar-refractivity contribution is 6.30. The van der Waals surface area contributed by atoms with Crippen molar-refractivity contribution in [3.05, 3.63) is 88.4 Å². The number of methoxy groups -OCH3 is 1. The molecular formula is C24H20ClN3O4. The molecule has 3 aromatic rings. The predicted octanol–water partition coefficient (Wildman–Crippen LogP) is 4.33. The summed E-state index contributed by atoms with van der Waals surface area (Å²) in [5.41, 5.74) is 4.45. The summed E-state index contributed by atoms with van der Waals surface area (Å²) in [6, 6.07) is 21.3. The number of nitrogens with one attached hydrogen (secondary N) is 1. The first kappa shape index (κ1) is 22.7. The summed E-state index contributed by atoms with van der Waals surface area (Å²) in [5, 5.41) is 13.7. The van der Waals surface area contributed by atoms with Crippen molar-refractivity contribution >= 4 is 23.7 Å². The SMILES string of the molecule is COc1cc(/C=N\NC(=O)COc2ccc(Cl)cc2)ccc1OCc1ccccc1C#N. The lowest BCUT2D eigenvalue weighted by atomic mass is 10.1. The minimum absolute atomic E-state index is 0.181. The molecule has 0 aliphatic rings. The Bertz CT molecular complexity index is 1140. The molecule has 1 N–H and O–H groups in total. The Morgan fingerprint density at radius 1 is 1.09 bits per heavy atom. The molecular weight excluding hydrogens is 430 g/mol. The molecule has 32 heavy (non-hydrogen) atoms. The molecule has 0 radical (unpaired) electrons. The Hall–Kier alpha value is -4.02. The van der Waals surface area contributed by atoms with Crippen LogP contribution in [0.5, 0.6) is 17.2 Å². The van der Waals surface area contributed by atoms with Crippen LogP contribution in [-0.4, -0.2) is 25.8 Å². The molecule has 0 unspecified atom stereocenters. The van der Waals surface area contributed by atoms with Crippen LogP contribution in [0.4, 0.5) is 0 Å². The zero-order valence-electron chi connectivity index (χ0n) is 17.2. The summed E-state index contributed by atoms with van der Waals surface area (Å²) in [6.07, 6.45) is 1.48. The van der Waals surface area contributed by atoms with E-state index in [1.165, 1.54) is 13.3 Å². The minimum atomic E-state index is -0.403. The van der Waals surface area contributed by atoms with E-state index in [1.807, 2.05) is 12.1 Å². The van der Waals surface area contributed by atoms with Crippen LogP contribution < -0.4 is 19.6 Å². The standard InChI is InChI=1S/C24H20ClN3O4/c1-30-23-12-17(6-11-22(23)32-15-19-5-3-2-4-18(19)13-26)14-27-28-24(29)16-31-21-9-7-20(25)8-10-21/h2-12,14H,15-16H2,1H3,(H,28,29)/b27-14-. The van der Waals surface area contributed by atoms with E-state index in [-0.39, 0.29) is 13.2 Å². The number of hydrogen-bond acceptors (Lipinski definition) is 6. The summed E-state index contributed by atoms with van der Waals surface area (Å²) >= 11 is 5.81. The lowest BCUT2D eigenvalue weighted by molar-refractivity contribution is -0.123. The largest absolute Gasteiger partial charge is 0.493 e. The Kier molecular flexibility index (Phi) is 8.07. The highest BCUT2D eigenvalue weighted by Crippen LogP contribution is 2.28. The van der Waals surface area contributed by atoms with Crippen molar-refractivity contribution in [1.82, 2.24) is 5.43 Å². The molecule has 0 aliphatic carbocycles. The van der Waals surface area contributed by atoms with Crippen LogP contribution in [-0.2, 0) is 11.4 Å². The van der Waals surface area contributed by atoms with Gasteiger partial charge in [0, 0.05) is 10.6 Å². The van der Waals surface area contributed by atoms with Crippen molar-refractivity contribution in [2.75, 3.05) is 13.7 Å². The molecule has 0 spiro atoms. The van der Waals surface area contributed by atoms with Gasteiger partial charge < -0.3 is 14.2 Å². The third kappa shape index (κ3) is 6.49. The van der Waals surface area contributed by atoms with Gasteiger partial charge in [-0.25, -0.2) is 5.43 Å². The van der Waals surface area contributed by atoms with Gasteiger partial charge in [-0.05, 0) is 54.1 Å². The molecule has 3 rings (SSSR count). The van der Waals surface area contributed by atoms with Crippen molar-refractivity contribution in [1.29, 1.82) is 5.26 Å². The molecule has 0 heterocycles. The van der Waals surface area contributed by atoms with Crippen molar-refractivity contribution in [3.63, 3.8) is 0 Å². The second-order valence-corrected chi connectivity index (χ2v) is 6.94. The summed E-state index contributed by atoms with van der Waals surface area (Å²) in [7, 11) is 1.53. The molecule has 0 aromatic heterocycles. The zero-order valence-corrected chi connectivity index (χ0v) is 18.0. The van der Waals surface area contributed by atoms with Crippen LogP contribution in [0.3, 0.4) is 0 Å². The maximum Gasteiger partial charge on any atom is 0.277 e. The van der Waals surface area contributed by atoms with Crippen LogP contribution in [0.2, 0.25) is 5.02 Å². The second-order valence-electron chi connectivity index (χ2n) is 6.50. The van der Waals surface area contributed by atoms with Gasteiger partial charge in [0.15, 0.2) is 18.1 Å². The molecule has 7 nitrogen and oxygen atoms in total. The fraction of sp³-hybridized carbons (Fsp3) is 0.125. The smallest absolute Gasteiger partial charge is 0.277 e. The zero-order chi connectivity index (χ0) is 22.8. The van der Waals surface area contributed by atoms with E-state index in [2.05, 4.69) is 16.6 Å². The first-order valence-electron chi connectivity index (χ1n) is 9.58. The number of nitrogens with zero attached hydrogens (tertiary/aromatic N) is 2. The lowest BCUT2D eigenvalue weighted by Crippen LogP contribution is -2.24. The van der Waals surface area contributed by atoms with Gasteiger partial charge >= 0.3 is 0 Å². The lowest BCUT2D eigenvalue weighted by Gasteiger charge is -2.12. The Morgan fingerprint density at radius 2 is 1.88 bits per heavy atom. The third-order valence-corrected chi connectivity index (χ3v) is 4.55. The Balaban J connectivity index is 1.54. The van der Waals surface area contributed by atoms with Crippen LogP contribution >= 0.6 is 11.6 Å². The van der Waals surface area contributed by atoms with Crippen molar-refractivity contribution < 1.29 is 19.0 Å². The van der Waals surface area contributed by atoms with E-state index >= 15 is 0 Å². The van der Waals surface area contributed by atoms with E-state index in [1.54, 1.807) is 54.6 Å². The molecule has 0 aliphatic heterocycles. The van der Waals surface area contributed by atoms with Crippen LogP contribution in [0.1, 0.15) is 16.7 Å². The average molecular weight is 450 g/mol. The number of nitriles is 1. The molecule has 1 amide bonds. The highest BCUT2D eigenvalue weighted by Gasteiger charge is 2.08. The van der Waals surface area contributed by atoms with Crippen LogP contribution in [0.25, 0.3) is 0 Å². The van der Waals surface area contributed by atoms with Gasteiger partial charge in [0.2, 0.25) is 0 Å². The number of amides is 1. The number of carbonyl (C=O) groups is 1. The molecule has 0 saturated heterocycles. The van der Waals surface area contributed by atoms with Gasteiger partial charge in [-0.15, -0.1) is 0 Å². The van der Waals surface area contributed by atoms with E-state index in [0.717, 1.165) is 5.56 Å². The maximum atomic E-state index is 11.9. The molecule has 0 fully saturated rings. The van der Waals surface area contributed by atoms with E-state index in [4.69, 9.17) is 25.8 Å².